The van der Waals surface area contributed by atoms with Crippen LogP contribution in [0, 0.1) is 0 Å². The topological polar surface area (TPSA) is 99.2 Å². The van der Waals surface area contributed by atoms with Crippen molar-refractivity contribution in [2.75, 3.05) is 24.8 Å². The van der Waals surface area contributed by atoms with Crippen molar-refractivity contribution < 1.29 is 32.2 Å². The van der Waals surface area contributed by atoms with Crippen LogP contribution in [0.2, 0.25) is 5.02 Å². The first kappa shape index (κ1) is 19.8. The van der Waals surface area contributed by atoms with Gasteiger partial charge in [-0.3, -0.25) is 4.79 Å². The zero-order valence-corrected chi connectivity index (χ0v) is 16.5. The number of likely N-dealkylation sites (N-methyl/N-ethyl adjacent to an activating group) is 1. The van der Waals surface area contributed by atoms with Crippen LogP contribution in [0.3, 0.4) is 0 Å². The number of carbonyl (C=O) groups excluding carboxylic acids is 2. The molecule has 8 nitrogen and oxygen atoms in total. The van der Waals surface area contributed by atoms with E-state index in [9.17, 15) is 18.0 Å². The summed E-state index contributed by atoms with van der Waals surface area (Å²) in [5.74, 6) is -0.473. The summed E-state index contributed by atoms with van der Waals surface area (Å²) in [5, 5.41) is 0.210. The lowest BCUT2D eigenvalue weighted by Gasteiger charge is -2.29. The number of fused-ring (bicyclic) bond motifs is 1. The number of esters is 1. The Morgan fingerprint density at radius 2 is 2.11 bits per heavy atom. The van der Waals surface area contributed by atoms with Gasteiger partial charge in [-0.15, -0.1) is 0 Å². The summed E-state index contributed by atoms with van der Waals surface area (Å²) in [4.78, 5) is 26.5. The van der Waals surface area contributed by atoms with E-state index in [4.69, 9.17) is 25.8 Å². The van der Waals surface area contributed by atoms with E-state index >= 15 is 0 Å². The van der Waals surface area contributed by atoms with Crippen LogP contribution in [-0.4, -0.2) is 62.2 Å². The molecule has 3 rings (SSSR count). The molecule has 1 amide bonds. The molecule has 0 radical (unpaired) electrons. The molecule has 0 unspecified atom stereocenters. The van der Waals surface area contributed by atoms with Gasteiger partial charge in [0.2, 0.25) is 6.79 Å². The van der Waals surface area contributed by atoms with Gasteiger partial charge < -0.3 is 19.1 Å². The number of hydrogen-bond donors (Lipinski definition) is 0. The number of nitrogens with zero attached hydrogens (tertiary/aromatic N) is 1. The molecule has 0 spiro atoms. The Balaban J connectivity index is 1.69. The molecular weight excluding hydrogens is 398 g/mol. The van der Waals surface area contributed by atoms with Gasteiger partial charge in [0.15, 0.2) is 27.4 Å². The highest BCUT2D eigenvalue weighted by Crippen LogP contribution is 2.40. The lowest BCUT2D eigenvalue weighted by atomic mass is 10.2. The van der Waals surface area contributed by atoms with E-state index in [0.717, 1.165) is 0 Å². The second-order valence-corrected chi connectivity index (χ2v) is 9.06. The van der Waals surface area contributed by atoms with Gasteiger partial charge in [-0.25, -0.2) is 13.2 Å². The van der Waals surface area contributed by atoms with Crippen molar-refractivity contribution in [2.24, 2.45) is 0 Å². The lowest BCUT2D eigenvalue weighted by molar-refractivity contribution is -0.141. The van der Waals surface area contributed by atoms with Crippen LogP contribution in [0.25, 0.3) is 0 Å². The van der Waals surface area contributed by atoms with Gasteiger partial charge in [-0.2, -0.15) is 0 Å². The van der Waals surface area contributed by atoms with E-state index in [1.807, 2.05) is 0 Å². The summed E-state index contributed by atoms with van der Waals surface area (Å²) in [5.41, 5.74) is 0.135. The van der Waals surface area contributed by atoms with Crippen molar-refractivity contribution in [3.63, 3.8) is 0 Å². The van der Waals surface area contributed by atoms with Crippen LogP contribution < -0.4 is 9.47 Å². The minimum atomic E-state index is -3.13. The number of ether oxygens (including phenoxy) is 3. The maximum Gasteiger partial charge on any atom is 0.339 e. The molecule has 0 aliphatic carbocycles. The van der Waals surface area contributed by atoms with E-state index in [1.54, 1.807) is 6.92 Å². The SMILES string of the molecule is CCN(C(=O)[C@@H](C)OC(=O)c1cc(Cl)c2c(c1)OCO2)[C@H]1CCS(=O)(=O)C1. The minimum Gasteiger partial charge on any atom is -0.454 e. The van der Waals surface area contributed by atoms with Crippen LogP contribution >= 0.6 is 11.6 Å². The molecule has 2 aliphatic heterocycles. The Hall–Kier alpha value is -2.00. The number of hydrogen-bond acceptors (Lipinski definition) is 7. The molecule has 2 atom stereocenters. The number of halogens is 1. The molecule has 1 fully saturated rings. The van der Waals surface area contributed by atoms with E-state index in [0.29, 0.717) is 24.5 Å². The van der Waals surface area contributed by atoms with Crippen molar-refractivity contribution in [1.29, 1.82) is 0 Å². The van der Waals surface area contributed by atoms with Crippen molar-refractivity contribution in [3.05, 3.63) is 22.7 Å². The summed E-state index contributed by atoms with van der Waals surface area (Å²) >= 11 is 6.06. The first-order chi connectivity index (χ1) is 12.7. The monoisotopic (exact) mass is 417 g/mol. The van der Waals surface area contributed by atoms with Crippen LogP contribution in [-0.2, 0) is 19.4 Å². The summed E-state index contributed by atoms with van der Waals surface area (Å²) in [7, 11) is -3.13. The van der Waals surface area contributed by atoms with E-state index in [2.05, 4.69) is 0 Å². The van der Waals surface area contributed by atoms with Crippen LogP contribution in [0.15, 0.2) is 12.1 Å². The van der Waals surface area contributed by atoms with Crippen molar-refractivity contribution in [2.45, 2.75) is 32.4 Å². The average Bonchev–Trinajstić information content (AvgIpc) is 3.21. The van der Waals surface area contributed by atoms with Gasteiger partial charge >= 0.3 is 5.97 Å². The molecule has 0 aromatic heterocycles. The Morgan fingerprint density at radius 1 is 1.37 bits per heavy atom. The number of sulfone groups is 1. The Bertz CT molecular complexity index is 870. The largest absolute Gasteiger partial charge is 0.454 e. The predicted octanol–water partition coefficient (Wildman–Crippen LogP) is 1.65. The highest BCUT2D eigenvalue weighted by molar-refractivity contribution is 7.91. The quantitative estimate of drug-likeness (QED) is 0.671. The Morgan fingerprint density at radius 3 is 2.74 bits per heavy atom. The highest BCUT2D eigenvalue weighted by Gasteiger charge is 2.36. The van der Waals surface area contributed by atoms with Gasteiger partial charge in [-0.05, 0) is 32.4 Å². The number of carbonyl (C=O) groups is 2. The summed E-state index contributed by atoms with van der Waals surface area (Å²) in [6, 6.07) is 2.43. The average molecular weight is 418 g/mol. The maximum atomic E-state index is 12.7. The van der Waals surface area contributed by atoms with Crippen molar-refractivity contribution in [3.8, 4) is 11.5 Å². The first-order valence-corrected chi connectivity index (χ1v) is 10.7. The van der Waals surface area contributed by atoms with E-state index in [1.165, 1.54) is 24.0 Å². The predicted molar refractivity (Wildman–Crippen MR) is 96.9 cm³/mol. The molecule has 27 heavy (non-hydrogen) atoms. The summed E-state index contributed by atoms with van der Waals surface area (Å²) < 4.78 is 39.0. The minimum absolute atomic E-state index is 0.0121. The highest BCUT2D eigenvalue weighted by atomic mass is 35.5. The zero-order valence-electron chi connectivity index (χ0n) is 14.9. The Labute approximate surface area is 162 Å². The number of benzene rings is 1. The molecular formula is C17H20ClNO7S. The molecule has 1 aromatic carbocycles. The molecule has 0 N–H and O–H groups in total. The van der Waals surface area contributed by atoms with Gasteiger partial charge in [0, 0.05) is 12.6 Å². The third-order valence-electron chi connectivity index (χ3n) is 4.57. The molecule has 2 aliphatic rings. The number of amides is 1. The fourth-order valence-corrected chi connectivity index (χ4v) is 5.21. The standard InChI is InChI=1S/C17H20ClNO7S/c1-3-19(12-4-5-27(22,23)8-12)16(20)10(2)26-17(21)11-6-13(18)15-14(7-11)24-9-25-15/h6-7,10,12H,3-5,8-9H2,1-2H3/t10-,12+/m1/s1. The molecule has 0 bridgehead atoms. The molecule has 1 saturated heterocycles. The van der Waals surface area contributed by atoms with Gasteiger partial charge in [0.1, 0.15) is 0 Å². The zero-order chi connectivity index (χ0) is 19.8. The fraction of sp³-hybridized carbons (Fsp3) is 0.529. The second kappa shape index (κ2) is 7.55. The third-order valence-corrected chi connectivity index (χ3v) is 6.60. The van der Waals surface area contributed by atoms with E-state index < -0.39 is 33.9 Å². The fourth-order valence-electron chi connectivity index (χ4n) is 3.21. The molecule has 10 heteroatoms. The van der Waals surface area contributed by atoms with Gasteiger partial charge in [0.25, 0.3) is 5.91 Å². The van der Waals surface area contributed by atoms with Crippen molar-refractivity contribution >= 4 is 33.3 Å². The third kappa shape index (κ3) is 4.14. The van der Waals surface area contributed by atoms with Crippen LogP contribution in [0.1, 0.15) is 30.6 Å². The summed E-state index contributed by atoms with van der Waals surface area (Å²) in [6.07, 6.45) is -0.676. The second-order valence-electron chi connectivity index (χ2n) is 6.42. The molecule has 148 valence electrons. The van der Waals surface area contributed by atoms with E-state index in [-0.39, 0.29) is 28.9 Å². The smallest absolute Gasteiger partial charge is 0.339 e. The Kier molecular flexibility index (Phi) is 5.53. The normalized spacial score (nSPS) is 20.9. The molecule has 0 saturated carbocycles. The maximum absolute atomic E-state index is 12.7. The van der Waals surface area contributed by atoms with Crippen LogP contribution in [0.4, 0.5) is 0 Å². The van der Waals surface area contributed by atoms with Crippen LogP contribution in [0.5, 0.6) is 11.5 Å². The molecule has 1 aromatic rings. The lowest BCUT2D eigenvalue weighted by Crippen LogP contribution is -2.46. The van der Waals surface area contributed by atoms with Crippen molar-refractivity contribution in [1.82, 2.24) is 4.90 Å². The first-order valence-electron chi connectivity index (χ1n) is 8.53. The van der Waals surface area contributed by atoms with Gasteiger partial charge in [-0.1, -0.05) is 11.6 Å². The summed E-state index contributed by atoms with van der Waals surface area (Å²) in [6.45, 7) is 3.56. The number of rotatable bonds is 5. The van der Waals surface area contributed by atoms with Gasteiger partial charge in [0.05, 0.1) is 22.1 Å². The molecule has 2 heterocycles.